The fourth-order valence-corrected chi connectivity index (χ4v) is 3.80. The third kappa shape index (κ3) is 10.7. The van der Waals surface area contributed by atoms with E-state index >= 15 is 0 Å². The van der Waals surface area contributed by atoms with E-state index in [2.05, 4.69) is 9.47 Å². The zero-order chi connectivity index (χ0) is 30.2. The van der Waals surface area contributed by atoms with Crippen LogP contribution in [0.25, 0.3) is 0 Å². The first-order chi connectivity index (χ1) is 20.4. The standard InChI is InChI=1S/C30H36O12/c1-35-29(33)9-5-23(31)21-3-7-25-27(19-21)41-17-13-37-12-16-40-26-8-4-22(24(32)6-10-30(34)36-2)20-28(26)42-18-14-38-11-15-39-25/h3-4,7-8,19-20H,5-6,9-18H2,1-2H3. The first-order valence-corrected chi connectivity index (χ1v) is 13.6. The molecule has 0 unspecified atom stereocenters. The summed E-state index contributed by atoms with van der Waals surface area (Å²) >= 11 is 0. The summed E-state index contributed by atoms with van der Waals surface area (Å²) in [6.07, 6.45) is 0.00601. The van der Waals surface area contributed by atoms with E-state index in [0.717, 1.165) is 0 Å². The smallest absolute Gasteiger partial charge is 0.305 e. The minimum atomic E-state index is -0.457. The quantitative estimate of drug-likeness (QED) is 0.330. The molecule has 0 saturated carbocycles. The largest absolute Gasteiger partial charge is 0.487 e. The minimum absolute atomic E-state index is 0.0124. The predicted octanol–water partition coefficient (Wildman–Crippen LogP) is 3.22. The van der Waals surface area contributed by atoms with Crippen LogP contribution in [0, 0.1) is 0 Å². The Kier molecular flexibility index (Phi) is 13.6. The van der Waals surface area contributed by atoms with Crippen LogP contribution >= 0.6 is 0 Å². The lowest BCUT2D eigenvalue weighted by Crippen LogP contribution is -2.16. The van der Waals surface area contributed by atoms with Gasteiger partial charge in [0.05, 0.1) is 53.5 Å². The van der Waals surface area contributed by atoms with Gasteiger partial charge < -0.3 is 37.9 Å². The minimum Gasteiger partial charge on any atom is -0.487 e. The number of benzene rings is 2. The summed E-state index contributed by atoms with van der Waals surface area (Å²) in [4.78, 5) is 47.9. The van der Waals surface area contributed by atoms with Crippen LogP contribution in [0.15, 0.2) is 36.4 Å². The number of ether oxygens (including phenoxy) is 8. The van der Waals surface area contributed by atoms with Gasteiger partial charge in [-0.2, -0.15) is 0 Å². The van der Waals surface area contributed by atoms with Gasteiger partial charge in [-0.1, -0.05) is 0 Å². The molecule has 0 saturated heterocycles. The number of carbonyl (C=O) groups excluding carboxylic acids is 4. The molecule has 0 atom stereocenters. The van der Waals surface area contributed by atoms with Gasteiger partial charge in [0, 0.05) is 24.0 Å². The summed E-state index contributed by atoms with van der Waals surface area (Å²) in [5.41, 5.74) is 0.774. The Morgan fingerprint density at radius 1 is 0.524 bits per heavy atom. The number of Topliss-reactive ketones (excluding diaryl/α,β-unsaturated/α-hetero) is 2. The normalized spacial score (nSPS) is 14.5. The third-order valence-corrected chi connectivity index (χ3v) is 6.04. The van der Waals surface area contributed by atoms with Gasteiger partial charge in [0.2, 0.25) is 0 Å². The Bertz CT molecular complexity index is 1120. The van der Waals surface area contributed by atoms with E-state index in [0.29, 0.717) is 34.1 Å². The number of rotatable bonds is 8. The van der Waals surface area contributed by atoms with Crippen molar-refractivity contribution in [3.05, 3.63) is 47.5 Å². The van der Waals surface area contributed by atoms with Crippen LogP contribution in [-0.4, -0.2) is 90.6 Å². The van der Waals surface area contributed by atoms with Crippen molar-refractivity contribution in [3.8, 4) is 23.0 Å². The summed E-state index contributed by atoms with van der Waals surface area (Å²) in [5.74, 6) is 0.248. The van der Waals surface area contributed by atoms with Crippen LogP contribution < -0.4 is 18.9 Å². The van der Waals surface area contributed by atoms with Crippen molar-refractivity contribution in [1.82, 2.24) is 0 Å². The molecule has 228 valence electrons. The highest BCUT2D eigenvalue weighted by Crippen LogP contribution is 2.30. The number of ketones is 2. The molecule has 42 heavy (non-hydrogen) atoms. The Hall–Kier alpha value is -4.16. The van der Waals surface area contributed by atoms with E-state index in [-0.39, 0.29) is 90.1 Å². The van der Waals surface area contributed by atoms with Gasteiger partial charge in [-0.3, -0.25) is 19.2 Å². The molecule has 12 heteroatoms. The summed E-state index contributed by atoms with van der Waals surface area (Å²) in [6.45, 7) is 1.77. The van der Waals surface area contributed by atoms with Crippen LogP contribution in [0.2, 0.25) is 0 Å². The first-order valence-electron chi connectivity index (χ1n) is 13.6. The van der Waals surface area contributed by atoms with E-state index in [1.165, 1.54) is 14.2 Å². The second-order valence-electron chi connectivity index (χ2n) is 8.94. The van der Waals surface area contributed by atoms with E-state index in [9.17, 15) is 19.2 Å². The predicted molar refractivity (Wildman–Crippen MR) is 148 cm³/mol. The molecule has 1 heterocycles. The Morgan fingerprint density at radius 3 is 1.24 bits per heavy atom. The van der Waals surface area contributed by atoms with Gasteiger partial charge >= 0.3 is 11.9 Å². The van der Waals surface area contributed by atoms with Crippen molar-refractivity contribution in [3.63, 3.8) is 0 Å². The second kappa shape index (κ2) is 17.6. The van der Waals surface area contributed by atoms with Crippen molar-refractivity contribution in [2.45, 2.75) is 25.7 Å². The van der Waals surface area contributed by atoms with Crippen LogP contribution in [0.4, 0.5) is 0 Å². The van der Waals surface area contributed by atoms with Gasteiger partial charge in [-0.05, 0) is 36.4 Å². The summed E-state index contributed by atoms with van der Waals surface area (Å²) in [6, 6.07) is 9.66. The molecule has 0 spiro atoms. The van der Waals surface area contributed by atoms with Crippen molar-refractivity contribution < 1.29 is 57.1 Å². The highest BCUT2D eigenvalue weighted by atomic mass is 16.6. The van der Waals surface area contributed by atoms with Crippen molar-refractivity contribution in [2.75, 3.05) is 67.1 Å². The molecule has 0 N–H and O–H groups in total. The number of hydrogen-bond donors (Lipinski definition) is 0. The first kappa shape index (κ1) is 32.4. The molecule has 12 nitrogen and oxygen atoms in total. The molecule has 0 fully saturated rings. The molecule has 2 aromatic rings. The molecule has 0 aliphatic carbocycles. The lowest BCUT2D eigenvalue weighted by Gasteiger charge is -2.16. The average molecular weight is 589 g/mol. The molecule has 1 aliphatic heterocycles. The molecule has 2 aromatic carbocycles. The maximum Gasteiger partial charge on any atom is 0.305 e. The fourth-order valence-electron chi connectivity index (χ4n) is 3.80. The molecule has 1 aliphatic rings. The lowest BCUT2D eigenvalue weighted by molar-refractivity contribution is -0.141. The SMILES string of the molecule is COC(=O)CCC(=O)c1ccc2c(c1)OCCOCCOc1ccc(C(=O)CCC(=O)OC)cc1OCCOCCO2. The molecule has 3 rings (SSSR count). The van der Waals surface area contributed by atoms with Crippen LogP contribution in [0.3, 0.4) is 0 Å². The number of esters is 2. The van der Waals surface area contributed by atoms with Crippen molar-refractivity contribution >= 4 is 23.5 Å². The maximum absolute atomic E-state index is 12.5. The molecular weight excluding hydrogens is 552 g/mol. The van der Waals surface area contributed by atoms with E-state index in [1.807, 2.05) is 0 Å². The molecule has 0 bridgehead atoms. The molecular formula is C30H36O12. The van der Waals surface area contributed by atoms with Crippen LogP contribution in [0.1, 0.15) is 46.4 Å². The van der Waals surface area contributed by atoms with E-state index < -0.39 is 11.9 Å². The monoisotopic (exact) mass is 588 g/mol. The third-order valence-electron chi connectivity index (χ3n) is 6.04. The molecule has 0 aromatic heterocycles. The topological polar surface area (TPSA) is 142 Å². The van der Waals surface area contributed by atoms with Gasteiger partial charge in [-0.25, -0.2) is 0 Å². The number of fused-ring (bicyclic) bond motifs is 2. The van der Waals surface area contributed by atoms with Crippen molar-refractivity contribution in [2.24, 2.45) is 0 Å². The molecule has 0 amide bonds. The summed E-state index contributed by atoms with van der Waals surface area (Å²) in [5, 5.41) is 0. The summed E-state index contributed by atoms with van der Waals surface area (Å²) in [7, 11) is 2.55. The van der Waals surface area contributed by atoms with Gasteiger partial charge in [0.1, 0.15) is 26.4 Å². The van der Waals surface area contributed by atoms with E-state index in [4.69, 9.17) is 28.4 Å². The Labute approximate surface area is 244 Å². The zero-order valence-corrected chi connectivity index (χ0v) is 23.8. The maximum atomic E-state index is 12.5. The highest BCUT2D eigenvalue weighted by Gasteiger charge is 2.16. The van der Waals surface area contributed by atoms with Gasteiger partial charge in [0.25, 0.3) is 0 Å². The molecule has 0 radical (unpaired) electrons. The zero-order valence-electron chi connectivity index (χ0n) is 23.8. The van der Waals surface area contributed by atoms with E-state index in [1.54, 1.807) is 36.4 Å². The van der Waals surface area contributed by atoms with Gasteiger partial charge in [-0.15, -0.1) is 0 Å². The van der Waals surface area contributed by atoms with Crippen molar-refractivity contribution in [1.29, 1.82) is 0 Å². The highest BCUT2D eigenvalue weighted by molar-refractivity contribution is 5.98. The Balaban J connectivity index is 1.61. The van der Waals surface area contributed by atoms with Gasteiger partial charge in [0.15, 0.2) is 34.6 Å². The number of hydrogen-bond acceptors (Lipinski definition) is 12. The van der Waals surface area contributed by atoms with Crippen LogP contribution in [0.5, 0.6) is 23.0 Å². The average Bonchev–Trinajstić information content (AvgIpc) is 3.01. The fraction of sp³-hybridized carbons (Fsp3) is 0.467. The lowest BCUT2D eigenvalue weighted by atomic mass is 10.1. The van der Waals surface area contributed by atoms with Crippen LogP contribution in [-0.2, 0) is 28.5 Å². The Morgan fingerprint density at radius 2 is 0.881 bits per heavy atom. The summed E-state index contributed by atoms with van der Waals surface area (Å²) < 4.78 is 43.8. The number of carbonyl (C=O) groups is 4. The number of methoxy groups -OCH3 is 2. The second-order valence-corrected chi connectivity index (χ2v) is 8.94.